The van der Waals surface area contributed by atoms with Crippen LogP contribution in [0.15, 0.2) is 24.3 Å². The van der Waals surface area contributed by atoms with Crippen LogP contribution in [0.4, 0.5) is 21.8 Å². The van der Waals surface area contributed by atoms with E-state index in [1.165, 1.54) is 6.07 Å². The van der Waals surface area contributed by atoms with Crippen LogP contribution in [0.2, 0.25) is 0 Å². The van der Waals surface area contributed by atoms with Gasteiger partial charge in [-0.1, -0.05) is 6.07 Å². The van der Waals surface area contributed by atoms with E-state index in [1.807, 2.05) is 20.0 Å². The van der Waals surface area contributed by atoms with Gasteiger partial charge in [0.1, 0.15) is 5.82 Å². The number of carbonyl (C=O) groups excluding carboxylic acids is 1. The third-order valence-electron chi connectivity index (χ3n) is 4.41. The molecule has 0 aliphatic carbocycles. The topological polar surface area (TPSA) is 82.2 Å². The lowest BCUT2D eigenvalue weighted by molar-refractivity contribution is 0.0963. The average Bonchev–Trinajstić information content (AvgIpc) is 3.00. The SMILES string of the molecule is CNC(=O)c1ccc(C)c(Nc2cc(F)nc(N[C@@H]3CCN(C)C3)n2)c1. The molecule has 3 rings (SSSR count). The second-order valence-corrected chi connectivity index (χ2v) is 6.53. The summed E-state index contributed by atoms with van der Waals surface area (Å²) < 4.78 is 13.9. The first-order valence-corrected chi connectivity index (χ1v) is 8.54. The summed E-state index contributed by atoms with van der Waals surface area (Å²) in [4.78, 5) is 22.2. The molecule has 26 heavy (non-hydrogen) atoms. The van der Waals surface area contributed by atoms with Gasteiger partial charge in [0.15, 0.2) is 0 Å². The summed E-state index contributed by atoms with van der Waals surface area (Å²) in [6.45, 7) is 3.76. The Kier molecular flexibility index (Phi) is 5.32. The highest BCUT2D eigenvalue weighted by atomic mass is 19.1. The quantitative estimate of drug-likeness (QED) is 0.711. The standard InChI is InChI=1S/C18H23FN6O/c1-11-4-5-12(17(26)20-2)8-14(11)22-16-9-15(19)23-18(24-16)21-13-6-7-25(3)10-13/h4-5,8-9,13H,6-7,10H2,1-3H3,(H,20,26)(H2,21,22,23,24)/t13-/m1/s1. The van der Waals surface area contributed by atoms with Crippen molar-refractivity contribution in [1.29, 1.82) is 0 Å². The normalized spacial score (nSPS) is 17.2. The van der Waals surface area contributed by atoms with E-state index in [0.29, 0.717) is 17.1 Å². The van der Waals surface area contributed by atoms with Crippen molar-refractivity contribution in [2.75, 3.05) is 37.8 Å². The Hall–Kier alpha value is -2.74. The number of hydrogen-bond donors (Lipinski definition) is 3. The number of nitrogens with one attached hydrogen (secondary N) is 3. The van der Waals surface area contributed by atoms with Crippen molar-refractivity contribution in [3.63, 3.8) is 0 Å². The molecule has 0 bridgehead atoms. The third-order valence-corrected chi connectivity index (χ3v) is 4.41. The summed E-state index contributed by atoms with van der Waals surface area (Å²) >= 11 is 0. The number of likely N-dealkylation sites (N-methyl/N-ethyl adjacent to an activating group) is 1. The summed E-state index contributed by atoms with van der Waals surface area (Å²) in [5, 5.41) is 8.86. The number of aromatic nitrogens is 2. The Morgan fingerprint density at radius 2 is 2.12 bits per heavy atom. The van der Waals surface area contributed by atoms with Crippen molar-refractivity contribution in [1.82, 2.24) is 20.2 Å². The molecule has 1 amide bonds. The van der Waals surface area contributed by atoms with Gasteiger partial charge in [0.2, 0.25) is 11.9 Å². The highest BCUT2D eigenvalue weighted by Crippen LogP contribution is 2.22. The zero-order chi connectivity index (χ0) is 18.7. The minimum Gasteiger partial charge on any atom is -0.355 e. The number of carbonyl (C=O) groups is 1. The molecule has 1 fully saturated rings. The Bertz CT molecular complexity index is 812. The first-order valence-electron chi connectivity index (χ1n) is 8.54. The lowest BCUT2D eigenvalue weighted by Crippen LogP contribution is -2.24. The monoisotopic (exact) mass is 358 g/mol. The van der Waals surface area contributed by atoms with Crippen molar-refractivity contribution in [2.45, 2.75) is 19.4 Å². The maximum Gasteiger partial charge on any atom is 0.251 e. The third kappa shape index (κ3) is 4.26. The highest BCUT2D eigenvalue weighted by molar-refractivity contribution is 5.95. The second kappa shape index (κ2) is 7.65. The van der Waals surface area contributed by atoms with Gasteiger partial charge in [-0.3, -0.25) is 4.79 Å². The van der Waals surface area contributed by atoms with Gasteiger partial charge in [-0.2, -0.15) is 14.4 Å². The van der Waals surface area contributed by atoms with E-state index in [1.54, 1.807) is 19.2 Å². The second-order valence-electron chi connectivity index (χ2n) is 6.53. The maximum atomic E-state index is 13.9. The van der Waals surface area contributed by atoms with Crippen LogP contribution >= 0.6 is 0 Å². The number of halogens is 1. The number of likely N-dealkylation sites (tertiary alicyclic amines) is 1. The van der Waals surface area contributed by atoms with Gasteiger partial charge in [-0.15, -0.1) is 0 Å². The number of benzene rings is 1. The zero-order valence-corrected chi connectivity index (χ0v) is 15.1. The molecule has 1 aliphatic heterocycles. The highest BCUT2D eigenvalue weighted by Gasteiger charge is 2.20. The van der Waals surface area contributed by atoms with Crippen molar-refractivity contribution in [2.24, 2.45) is 0 Å². The largest absolute Gasteiger partial charge is 0.355 e. The fraction of sp³-hybridized carbons (Fsp3) is 0.389. The molecule has 0 unspecified atom stereocenters. The van der Waals surface area contributed by atoms with Crippen LogP contribution in [-0.4, -0.2) is 54.0 Å². The fourth-order valence-corrected chi connectivity index (χ4v) is 2.96. The Morgan fingerprint density at radius 3 is 2.81 bits per heavy atom. The van der Waals surface area contributed by atoms with E-state index >= 15 is 0 Å². The minimum absolute atomic E-state index is 0.186. The van der Waals surface area contributed by atoms with E-state index in [9.17, 15) is 9.18 Å². The molecule has 1 atom stereocenters. The van der Waals surface area contributed by atoms with Crippen LogP contribution in [0.25, 0.3) is 0 Å². The molecule has 138 valence electrons. The smallest absolute Gasteiger partial charge is 0.251 e. The molecule has 1 aromatic heterocycles. The van der Waals surface area contributed by atoms with E-state index < -0.39 is 5.95 Å². The molecule has 3 N–H and O–H groups in total. The Morgan fingerprint density at radius 1 is 1.31 bits per heavy atom. The average molecular weight is 358 g/mol. The van der Waals surface area contributed by atoms with E-state index in [2.05, 4.69) is 30.8 Å². The number of nitrogens with zero attached hydrogens (tertiary/aromatic N) is 3. The number of anilines is 3. The van der Waals surface area contributed by atoms with Crippen LogP contribution in [0, 0.1) is 12.9 Å². The van der Waals surface area contributed by atoms with Crippen molar-refractivity contribution in [3.8, 4) is 0 Å². The molecule has 0 saturated carbocycles. The molecule has 1 aromatic carbocycles. The molecule has 8 heteroatoms. The van der Waals surface area contributed by atoms with Crippen LogP contribution in [-0.2, 0) is 0 Å². The van der Waals surface area contributed by atoms with Gasteiger partial charge in [0.25, 0.3) is 5.91 Å². The molecular weight excluding hydrogens is 335 g/mol. The molecule has 0 spiro atoms. The van der Waals surface area contributed by atoms with Crippen molar-refractivity contribution in [3.05, 3.63) is 41.3 Å². The van der Waals surface area contributed by atoms with Crippen LogP contribution in [0.5, 0.6) is 0 Å². The predicted octanol–water partition coefficient (Wildman–Crippen LogP) is 2.14. The summed E-state index contributed by atoms with van der Waals surface area (Å²) in [5.74, 6) is -0.206. The Labute approximate surface area is 152 Å². The van der Waals surface area contributed by atoms with Gasteiger partial charge < -0.3 is 20.9 Å². The van der Waals surface area contributed by atoms with Gasteiger partial charge in [0.05, 0.1) is 0 Å². The number of rotatable bonds is 5. The van der Waals surface area contributed by atoms with Gasteiger partial charge in [0, 0.05) is 37.0 Å². The van der Waals surface area contributed by atoms with E-state index in [4.69, 9.17) is 0 Å². The first kappa shape index (κ1) is 18.1. The van der Waals surface area contributed by atoms with Crippen LogP contribution < -0.4 is 16.0 Å². The summed E-state index contributed by atoms with van der Waals surface area (Å²) in [5.41, 5.74) is 2.13. The summed E-state index contributed by atoms with van der Waals surface area (Å²) in [6.07, 6.45) is 0.965. The molecule has 2 aromatic rings. The zero-order valence-electron chi connectivity index (χ0n) is 15.1. The van der Waals surface area contributed by atoms with E-state index in [-0.39, 0.29) is 17.9 Å². The first-order chi connectivity index (χ1) is 12.4. The van der Waals surface area contributed by atoms with Gasteiger partial charge in [-0.25, -0.2) is 0 Å². The molecule has 1 aliphatic rings. The van der Waals surface area contributed by atoms with Crippen LogP contribution in [0.3, 0.4) is 0 Å². The van der Waals surface area contributed by atoms with Crippen LogP contribution in [0.1, 0.15) is 22.3 Å². The predicted molar refractivity (Wildman–Crippen MR) is 99.4 cm³/mol. The lowest BCUT2D eigenvalue weighted by atomic mass is 10.1. The number of amides is 1. The lowest BCUT2D eigenvalue weighted by Gasteiger charge is -2.15. The summed E-state index contributed by atoms with van der Waals surface area (Å²) in [7, 11) is 3.62. The molecule has 7 nitrogen and oxygen atoms in total. The Balaban J connectivity index is 1.80. The molecule has 1 saturated heterocycles. The van der Waals surface area contributed by atoms with Crippen molar-refractivity contribution < 1.29 is 9.18 Å². The number of hydrogen-bond acceptors (Lipinski definition) is 6. The summed E-state index contributed by atoms with van der Waals surface area (Å²) in [6, 6.07) is 6.72. The van der Waals surface area contributed by atoms with Gasteiger partial charge >= 0.3 is 0 Å². The molecule has 0 radical (unpaired) electrons. The van der Waals surface area contributed by atoms with Crippen molar-refractivity contribution >= 4 is 23.4 Å². The fourth-order valence-electron chi connectivity index (χ4n) is 2.96. The van der Waals surface area contributed by atoms with Gasteiger partial charge in [-0.05, 0) is 44.6 Å². The molecular formula is C18H23FN6O. The molecule has 2 heterocycles. The maximum absolute atomic E-state index is 13.9. The van der Waals surface area contributed by atoms with E-state index in [0.717, 1.165) is 25.1 Å². The number of aryl methyl sites for hydroxylation is 1. The minimum atomic E-state index is -0.614.